The van der Waals surface area contributed by atoms with Crippen molar-refractivity contribution in [2.75, 3.05) is 0 Å². The van der Waals surface area contributed by atoms with Crippen molar-refractivity contribution in [3.63, 3.8) is 0 Å². The topological polar surface area (TPSA) is 43.1 Å². The average molecular weight is 229 g/mol. The molecule has 1 heterocycles. The van der Waals surface area contributed by atoms with Gasteiger partial charge in [-0.15, -0.1) is 0 Å². The van der Waals surface area contributed by atoms with Gasteiger partial charge in [0, 0.05) is 11.1 Å². The molecule has 17 heavy (non-hydrogen) atoms. The van der Waals surface area contributed by atoms with Crippen LogP contribution in [0.3, 0.4) is 0 Å². The van der Waals surface area contributed by atoms with Gasteiger partial charge in [0.05, 0.1) is 5.69 Å². The van der Waals surface area contributed by atoms with Crippen LogP contribution in [0.5, 0.6) is 0 Å². The fourth-order valence-corrected chi connectivity index (χ4v) is 1.65. The molecule has 0 spiro atoms. The third-order valence-electron chi connectivity index (χ3n) is 2.65. The molecule has 0 fully saturated rings. The molecule has 0 aliphatic rings. The maximum Gasteiger partial charge on any atom is 0.226 e. The van der Waals surface area contributed by atoms with Crippen molar-refractivity contribution in [1.82, 2.24) is 4.98 Å². The van der Waals surface area contributed by atoms with Gasteiger partial charge in [0.1, 0.15) is 6.26 Å². The number of carbonyl (C=O) groups excluding carboxylic acids is 1. The summed E-state index contributed by atoms with van der Waals surface area (Å²) in [7, 11) is 0. The minimum atomic E-state index is 0.0184. The number of hydrogen-bond donors (Lipinski definition) is 0. The van der Waals surface area contributed by atoms with Crippen molar-refractivity contribution in [3.8, 4) is 11.5 Å². The molecule has 0 aliphatic carbocycles. The summed E-state index contributed by atoms with van der Waals surface area (Å²) in [5, 5.41) is 0. The van der Waals surface area contributed by atoms with Crippen LogP contribution in [-0.4, -0.2) is 10.8 Å². The molecule has 0 atom stereocenters. The summed E-state index contributed by atoms with van der Waals surface area (Å²) >= 11 is 0. The fourth-order valence-electron chi connectivity index (χ4n) is 1.65. The van der Waals surface area contributed by atoms with Gasteiger partial charge in [-0.1, -0.05) is 32.0 Å². The molecule has 0 amide bonds. The van der Waals surface area contributed by atoms with Gasteiger partial charge in [0.25, 0.3) is 0 Å². The van der Waals surface area contributed by atoms with E-state index in [9.17, 15) is 4.79 Å². The van der Waals surface area contributed by atoms with Crippen LogP contribution in [0, 0.1) is 0 Å². The minimum absolute atomic E-state index is 0.0184. The van der Waals surface area contributed by atoms with E-state index >= 15 is 0 Å². The van der Waals surface area contributed by atoms with E-state index in [0.29, 0.717) is 17.4 Å². The van der Waals surface area contributed by atoms with Crippen molar-refractivity contribution < 1.29 is 9.21 Å². The first-order valence-electron chi connectivity index (χ1n) is 5.65. The molecular formula is C14H15NO2. The Morgan fingerprint density at radius 1 is 1.29 bits per heavy atom. The molecule has 0 bridgehead atoms. The minimum Gasteiger partial charge on any atom is -0.444 e. The van der Waals surface area contributed by atoms with Crippen molar-refractivity contribution in [1.29, 1.82) is 0 Å². The predicted molar refractivity (Wildman–Crippen MR) is 66.0 cm³/mol. The lowest BCUT2D eigenvalue weighted by Crippen LogP contribution is -1.96. The van der Waals surface area contributed by atoms with E-state index < -0.39 is 0 Å². The Morgan fingerprint density at radius 2 is 2.00 bits per heavy atom. The van der Waals surface area contributed by atoms with Crippen molar-refractivity contribution in [2.24, 2.45) is 0 Å². The Balaban J connectivity index is 2.49. The average Bonchev–Trinajstić information content (AvgIpc) is 2.78. The number of nitrogens with zero attached hydrogens (tertiary/aromatic N) is 1. The van der Waals surface area contributed by atoms with Gasteiger partial charge in [-0.25, -0.2) is 4.98 Å². The van der Waals surface area contributed by atoms with Crippen LogP contribution in [0.25, 0.3) is 11.5 Å². The van der Waals surface area contributed by atoms with E-state index in [1.807, 2.05) is 18.2 Å². The Hall–Kier alpha value is -1.90. The lowest BCUT2D eigenvalue weighted by Gasteiger charge is -2.02. The van der Waals surface area contributed by atoms with Crippen LogP contribution >= 0.6 is 0 Å². The summed E-state index contributed by atoms with van der Waals surface area (Å²) < 4.78 is 5.44. The van der Waals surface area contributed by atoms with Crippen LogP contribution in [0.4, 0.5) is 0 Å². The lowest BCUT2D eigenvalue weighted by atomic mass is 10.0. The van der Waals surface area contributed by atoms with E-state index in [0.717, 1.165) is 11.3 Å². The summed E-state index contributed by atoms with van der Waals surface area (Å²) in [5.41, 5.74) is 2.30. The number of carbonyl (C=O) groups is 1. The molecule has 0 saturated heterocycles. The van der Waals surface area contributed by atoms with Gasteiger partial charge in [0.2, 0.25) is 5.89 Å². The monoisotopic (exact) mass is 229 g/mol. The summed E-state index contributed by atoms with van der Waals surface area (Å²) in [5.74, 6) is 0.849. The molecule has 0 unspecified atom stereocenters. The quantitative estimate of drug-likeness (QED) is 0.754. The molecule has 0 aliphatic heterocycles. The van der Waals surface area contributed by atoms with E-state index in [2.05, 4.69) is 18.8 Å². The van der Waals surface area contributed by atoms with E-state index in [1.165, 1.54) is 0 Å². The lowest BCUT2D eigenvalue weighted by molar-refractivity contribution is 0.101. The number of benzene rings is 1. The highest BCUT2D eigenvalue weighted by Crippen LogP contribution is 2.25. The zero-order valence-electron chi connectivity index (χ0n) is 10.2. The van der Waals surface area contributed by atoms with Crippen molar-refractivity contribution in [2.45, 2.75) is 26.7 Å². The Labute approximate surface area is 100 Å². The second-order valence-electron chi connectivity index (χ2n) is 4.33. The fraction of sp³-hybridized carbons (Fsp3) is 0.286. The van der Waals surface area contributed by atoms with Gasteiger partial charge in [-0.2, -0.15) is 0 Å². The third kappa shape index (κ3) is 2.28. The number of ketones is 1. The molecular weight excluding hydrogens is 214 g/mol. The number of oxazole rings is 1. The Kier molecular flexibility index (Phi) is 3.09. The number of aromatic nitrogens is 1. The molecule has 0 radical (unpaired) electrons. The number of Topliss-reactive ketones (excluding diaryl/α,β-unsaturated/α-hetero) is 1. The number of rotatable bonds is 3. The SMILES string of the molecule is CC(=O)c1ccccc1-c1nc(C(C)C)co1. The third-order valence-corrected chi connectivity index (χ3v) is 2.65. The second-order valence-corrected chi connectivity index (χ2v) is 4.33. The van der Waals surface area contributed by atoms with Crippen LogP contribution < -0.4 is 0 Å². The molecule has 2 rings (SSSR count). The second kappa shape index (κ2) is 4.53. The highest BCUT2D eigenvalue weighted by Gasteiger charge is 2.14. The van der Waals surface area contributed by atoms with E-state index in [-0.39, 0.29) is 5.78 Å². The first kappa shape index (κ1) is 11.6. The van der Waals surface area contributed by atoms with Crippen molar-refractivity contribution in [3.05, 3.63) is 41.8 Å². The molecule has 88 valence electrons. The highest BCUT2D eigenvalue weighted by molar-refractivity contribution is 5.99. The molecule has 3 nitrogen and oxygen atoms in total. The molecule has 3 heteroatoms. The zero-order chi connectivity index (χ0) is 12.4. The predicted octanol–water partition coefficient (Wildman–Crippen LogP) is 3.67. The van der Waals surface area contributed by atoms with Gasteiger partial charge < -0.3 is 4.42 Å². The van der Waals surface area contributed by atoms with E-state index in [4.69, 9.17) is 4.42 Å². The standard InChI is InChI=1S/C14H15NO2/c1-9(2)13-8-17-14(15-13)12-7-5-4-6-11(12)10(3)16/h4-9H,1-3H3. The highest BCUT2D eigenvalue weighted by atomic mass is 16.3. The number of hydrogen-bond acceptors (Lipinski definition) is 3. The summed E-state index contributed by atoms with van der Waals surface area (Å²) in [6.45, 7) is 5.65. The first-order valence-corrected chi connectivity index (χ1v) is 5.65. The van der Waals surface area contributed by atoms with Crippen LogP contribution in [0.2, 0.25) is 0 Å². The molecule has 1 aromatic heterocycles. The maximum atomic E-state index is 11.5. The van der Waals surface area contributed by atoms with Crippen molar-refractivity contribution >= 4 is 5.78 Å². The van der Waals surface area contributed by atoms with Gasteiger partial charge >= 0.3 is 0 Å². The largest absolute Gasteiger partial charge is 0.444 e. The summed E-state index contributed by atoms with van der Waals surface area (Å²) in [6.07, 6.45) is 1.65. The normalized spacial score (nSPS) is 10.8. The maximum absolute atomic E-state index is 11.5. The zero-order valence-corrected chi connectivity index (χ0v) is 10.2. The molecule has 0 saturated carbocycles. The first-order chi connectivity index (χ1) is 8.09. The molecule has 1 aromatic carbocycles. The smallest absolute Gasteiger partial charge is 0.226 e. The molecule has 0 N–H and O–H groups in total. The van der Waals surface area contributed by atoms with Gasteiger partial charge in [-0.05, 0) is 18.9 Å². The summed E-state index contributed by atoms with van der Waals surface area (Å²) in [6, 6.07) is 7.36. The Morgan fingerprint density at radius 3 is 2.59 bits per heavy atom. The van der Waals surface area contributed by atoms with Crippen LogP contribution in [0.1, 0.15) is 42.7 Å². The van der Waals surface area contributed by atoms with E-state index in [1.54, 1.807) is 19.3 Å². The van der Waals surface area contributed by atoms with Crippen LogP contribution in [-0.2, 0) is 0 Å². The Bertz CT molecular complexity index is 541. The van der Waals surface area contributed by atoms with Gasteiger partial charge in [-0.3, -0.25) is 4.79 Å². The summed E-state index contributed by atoms with van der Waals surface area (Å²) in [4.78, 5) is 15.9. The molecule has 2 aromatic rings. The van der Waals surface area contributed by atoms with Gasteiger partial charge in [0.15, 0.2) is 5.78 Å². The van der Waals surface area contributed by atoms with Crippen LogP contribution in [0.15, 0.2) is 34.9 Å².